The summed E-state index contributed by atoms with van der Waals surface area (Å²) >= 11 is 12.3. The molecular formula is C33H22Cl2N2O3. The van der Waals surface area contributed by atoms with Crippen LogP contribution in [0.4, 0.5) is 5.69 Å². The van der Waals surface area contributed by atoms with Crippen LogP contribution in [0.3, 0.4) is 0 Å². The molecule has 2 heterocycles. The molecule has 0 unspecified atom stereocenters. The van der Waals surface area contributed by atoms with Gasteiger partial charge in [0.25, 0.3) is 5.91 Å². The van der Waals surface area contributed by atoms with Crippen molar-refractivity contribution in [2.45, 2.75) is 0 Å². The monoisotopic (exact) mass is 564 g/mol. The maximum Gasteiger partial charge on any atom is 0.265 e. The van der Waals surface area contributed by atoms with Gasteiger partial charge in [-0.05, 0) is 65.7 Å². The van der Waals surface area contributed by atoms with Crippen molar-refractivity contribution in [2.24, 2.45) is 0 Å². The Bertz CT molecular complexity index is 1660. The Balaban J connectivity index is 1.43. The molecule has 0 aliphatic carbocycles. The van der Waals surface area contributed by atoms with Crippen molar-refractivity contribution in [1.29, 1.82) is 0 Å². The number of fused-ring (bicyclic) bond motifs is 1. The van der Waals surface area contributed by atoms with Gasteiger partial charge in [0.05, 0.1) is 23.6 Å². The molecule has 0 bridgehead atoms. The number of pyridine rings is 1. The number of hydrogen-bond donors (Lipinski definition) is 0. The second kappa shape index (κ2) is 11.0. The summed E-state index contributed by atoms with van der Waals surface area (Å²) < 4.78 is 5.70. The largest absolute Gasteiger partial charge is 0.482 e. The first-order chi connectivity index (χ1) is 19.4. The van der Waals surface area contributed by atoms with Crippen LogP contribution in [-0.2, 0) is 4.79 Å². The van der Waals surface area contributed by atoms with Gasteiger partial charge in [0.1, 0.15) is 5.75 Å². The van der Waals surface area contributed by atoms with E-state index in [4.69, 9.17) is 32.9 Å². The van der Waals surface area contributed by atoms with E-state index in [2.05, 4.69) is 0 Å². The normalized spacial score (nSPS) is 12.6. The van der Waals surface area contributed by atoms with Crippen LogP contribution < -0.4 is 9.64 Å². The van der Waals surface area contributed by atoms with E-state index in [1.807, 2.05) is 84.9 Å². The molecule has 0 atom stereocenters. The molecule has 6 rings (SSSR count). The Kier molecular flexibility index (Phi) is 7.08. The van der Waals surface area contributed by atoms with E-state index in [1.165, 1.54) is 4.90 Å². The van der Waals surface area contributed by atoms with Crippen LogP contribution in [0.25, 0.3) is 33.6 Å². The summed E-state index contributed by atoms with van der Waals surface area (Å²) in [7, 11) is 0. The number of rotatable bonds is 6. The average molecular weight is 565 g/mol. The molecule has 0 saturated heterocycles. The number of hydrogen-bond acceptors (Lipinski definition) is 4. The number of nitrogens with zero attached hydrogens (tertiary/aromatic N) is 2. The Morgan fingerprint density at radius 3 is 2.00 bits per heavy atom. The summed E-state index contributed by atoms with van der Waals surface area (Å²) in [4.78, 5) is 32.4. The molecule has 0 spiro atoms. The molecule has 4 aromatic carbocycles. The zero-order valence-corrected chi connectivity index (χ0v) is 22.7. The zero-order chi connectivity index (χ0) is 27.6. The van der Waals surface area contributed by atoms with Gasteiger partial charge >= 0.3 is 0 Å². The van der Waals surface area contributed by atoms with Crippen LogP contribution in [-0.4, -0.2) is 29.8 Å². The number of benzene rings is 4. The van der Waals surface area contributed by atoms with Crippen LogP contribution in [0, 0.1) is 0 Å². The van der Waals surface area contributed by atoms with Crippen LogP contribution in [0.1, 0.15) is 10.4 Å². The molecule has 196 valence electrons. The van der Waals surface area contributed by atoms with Gasteiger partial charge in [-0.1, -0.05) is 77.8 Å². The number of anilines is 1. The van der Waals surface area contributed by atoms with Crippen molar-refractivity contribution in [3.8, 4) is 39.4 Å². The third kappa shape index (κ3) is 5.34. The van der Waals surface area contributed by atoms with Gasteiger partial charge in [0, 0.05) is 26.7 Å². The highest BCUT2D eigenvalue weighted by atomic mass is 35.5. The van der Waals surface area contributed by atoms with Gasteiger partial charge in [-0.3, -0.25) is 14.5 Å². The second-order valence-electron chi connectivity index (χ2n) is 9.38. The van der Waals surface area contributed by atoms with E-state index in [-0.39, 0.29) is 24.8 Å². The first-order valence-electron chi connectivity index (χ1n) is 12.6. The topological polar surface area (TPSA) is 59.5 Å². The van der Waals surface area contributed by atoms with Crippen molar-refractivity contribution in [2.75, 3.05) is 18.1 Å². The fourth-order valence-electron chi connectivity index (χ4n) is 4.65. The number of carbonyl (C=O) groups is 2. The lowest BCUT2D eigenvalue weighted by molar-refractivity contribution is -0.121. The van der Waals surface area contributed by atoms with Crippen LogP contribution in [0.15, 0.2) is 109 Å². The van der Waals surface area contributed by atoms with Crippen molar-refractivity contribution in [3.63, 3.8) is 0 Å². The summed E-state index contributed by atoms with van der Waals surface area (Å²) in [6, 6.07) is 33.7. The highest BCUT2D eigenvalue weighted by molar-refractivity contribution is 6.31. The second-order valence-corrected chi connectivity index (χ2v) is 10.3. The summed E-state index contributed by atoms with van der Waals surface area (Å²) in [5, 5.41) is 1.29. The molecule has 7 heteroatoms. The van der Waals surface area contributed by atoms with Gasteiger partial charge in [-0.15, -0.1) is 0 Å². The lowest BCUT2D eigenvalue weighted by Gasteiger charge is -2.29. The molecule has 0 fully saturated rings. The third-order valence-electron chi connectivity index (χ3n) is 6.74. The van der Waals surface area contributed by atoms with Crippen molar-refractivity contribution >= 4 is 40.6 Å². The molecular weight excluding hydrogens is 543 g/mol. The van der Waals surface area contributed by atoms with Gasteiger partial charge in [0.15, 0.2) is 12.4 Å². The molecule has 5 aromatic rings. The highest BCUT2D eigenvalue weighted by Crippen LogP contribution is 2.38. The number of carbonyl (C=O) groups excluding carboxylic acids is 2. The lowest BCUT2D eigenvalue weighted by Crippen LogP contribution is -2.42. The molecule has 1 aromatic heterocycles. The van der Waals surface area contributed by atoms with E-state index in [9.17, 15) is 9.59 Å². The predicted molar refractivity (Wildman–Crippen MR) is 159 cm³/mol. The molecule has 0 N–H and O–H groups in total. The van der Waals surface area contributed by atoms with Crippen LogP contribution in [0.2, 0.25) is 10.0 Å². The molecule has 1 aliphatic rings. The number of ketones is 1. The zero-order valence-electron chi connectivity index (χ0n) is 21.2. The first-order valence-corrected chi connectivity index (χ1v) is 13.4. The van der Waals surface area contributed by atoms with Gasteiger partial charge < -0.3 is 4.74 Å². The van der Waals surface area contributed by atoms with Crippen molar-refractivity contribution in [1.82, 2.24) is 4.98 Å². The number of ether oxygens (including phenoxy) is 1. The van der Waals surface area contributed by atoms with E-state index in [0.717, 1.165) is 27.9 Å². The molecule has 40 heavy (non-hydrogen) atoms. The van der Waals surface area contributed by atoms with E-state index in [0.29, 0.717) is 32.7 Å². The lowest BCUT2D eigenvalue weighted by atomic mass is 9.99. The third-order valence-corrected chi connectivity index (χ3v) is 7.24. The molecule has 1 aliphatic heterocycles. The minimum absolute atomic E-state index is 0.0864. The quantitative estimate of drug-likeness (QED) is 0.196. The van der Waals surface area contributed by atoms with Crippen LogP contribution in [0.5, 0.6) is 5.75 Å². The van der Waals surface area contributed by atoms with Crippen molar-refractivity contribution in [3.05, 3.63) is 125 Å². The van der Waals surface area contributed by atoms with Gasteiger partial charge in [-0.25, -0.2) is 4.98 Å². The molecule has 0 radical (unpaired) electrons. The van der Waals surface area contributed by atoms with E-state index in [1.54, 1.807) is 24.3 Å². The fraction of sp³-hybridized carbons (Fsp3) is 0.0606. The Morgan fingerprint density at radius 1 is 0.725 bits per heavy atom. The maximum atomic E-state index is 13.0. The number of halogens is 2. The Labute approximate surface area is 241 Å². The Morgan fingerprint density at radius 2 is 1.32 bits per heavy atom. The van der Waals surface area contributed by atoms with E-state index < -0.39 is 0 Å². The molecule has 0 saturated carbocycles. The molecule has 1 amide bonds. The van der Waals surface area contributed by atoms with Crippen molar-refractivity contribution < 1.29 is 14.3 Å². The minimum atomic E-state index is -0.279. The van der Waals surface area contributed by atoms with Gasteiger partial charge in [0.2, 0.25) is 0 Å². The van der Waals surface area contributed by atoms with E-state index >= 15 is 0 Å². The minimum Gasteiger partial charge on any atom is -0.482 e. The standard InChI is InChI=1S/C33H22Cl2N2O3/c34-26-11-6-21(7-12-26)25-16-28(22-8-13-27(35)14-9-22)36-29(17-25)24-10-15-32-30(18-24)37(33(39)20-40-32)19-31(38)23-4-2-1-3-5-23/h1-18H,19-20H2. The molecule has 5 nitrogen and oxygen atoms in total. The maximum absolute atomic E-state index is 13.0. The summed E-state index contributed by atoms with van der Waals surface area (Å²) in [6.45, 7) is -0.212. The smallest absolute Gasteiger partial charge is 0.265 e. The number of amides is 1. The fourth-order valence-corrected chi connectivity index (χ4v) is 4.90. The van der Waals surface area contributed by atoms with Gasteiger partial charge in [-0.2, -0.15) is 0 Å². The Hall–Kier alpha value is -4.45. The van der Waals surface area contributed by atoms with Crippen LogP contribution >= 0.6 is 23.2 Å². The summed E-state index contributed by atoms with van der Waals surface area (Å²) in [6.07, 6.45) is 0. The summed E-state index contributed by atoms with van der Waals surface area (Å²) in [5.41, 5.74) is 6.16. The average Bonchev–Trinajstić information content (AvgIpc) is 2.99. The number of aromatic nitrogens is 1. The highest BCUT2D eigenvalue weighted by Gasteiger charge is 2.28. The predicted octanol–water partition coefficient (Wildman–Crippen LogP) is 8.00. The SMILES string of the molecule is O=C(CN1C(=O)COc2ccc(-c3cc(-c4ccc(Cl)cc4)cc(-c4ccc(Cl)cc4)n3)cc21)c1ccccc1. The summed E-state index contributed by atoms with van der Waals surface area (Å²) in [5.74, 6) is 0.106. The first kappa shape index (κ1) is 25.8. The number of Topliss-reactive ketones (excluding diaryl/α,β-unsaturated/α-hetero) is 1.